The van der Waals surface area contributed by atoms with Crippen LogP contribution in [-0.2, 0) is 4.79 Å². The van der Waals surface area contributed by atoms with Crippen molar-refractivity contribution in [2.45, 2.75) is 12.8 Å². The number of amides is 1. The minimum Gasteiger partial charge on any atom is -0.482 e. The van der Waals surface area contributed by atoms with Gasteiger partial charge in [-0.3, -0.25) is 4.79 Å². The molecule has 1 aromatic carbocycles. The summed E-state index contributed by atoms with van der Waals surface area (Å²) in [6, 6.07) is 5.30. The second-order valence-electron chi connectivity index (χ2n) is 4.86. The first kappa shape index (κ1) is 18.6. The Morgan fingerprint density at radius 2 is 2.33 bits per heavy atom. The summed E-state index contributed by atoms with van der Waals surface area (Å²) in [6.07, 6.45) is 2.21. The molecule has 1 saturated heterocycles. The van der Waals surface area contributed by atoms with Gasteiger partial charge in [0.15, 0.2) is 6.61 Å². The molecule has 2 rings (SSSR count). The number of rotatable bonds is 6. The van der Waals surface area contributed by atoms with E-state index in [-0.39, 0.29) is 24.9 Å². The van der Waals surface area contributed by atoms with Gasteiger partial charge in [-0.2, -0.15) is 0 Å². The van der Waals surface area contributed by atoms with Crippen molar-refractivity contribution in [2.24, 2.45) is 5.92 Å². The highest BCUT2D eigenvalue weighted by atomic mass is 79.9. The summed E-state index contributed by atoms with van der Waals surface area (Å²) in [7, 11) is 0. The molecule has 0 spiro atoms. The maximum absolute atomic E-state index is 11.7. The number of nitrogens with one attached hydrogen (secondary N) is 2. The molecule has 1 aromatic rings. The lowest BCUT2D eigenvalue weighted by molar-refractivity contribution is -0.123. The van der Waals surface area contributed by atoms with Gasteiger partial charge in [-0.25, -0.2) is 0 Å². The van der Waals surface area contributed by atoms with Crippen molar-refractivity contribution < 1.29 is 9.53 Å². The van der Waals surface area contributed by atoms with E-state index in [2.05, 4.69) is 26.6 Å². The Labute approximate surface area is 144 Å². The third kappa shape index (κ3) is 6.43. The molecule has 7 heteroatoms. The molecule has 2 N–H and O–H groups in total. The van der Waals surface area contributed by atoms with E-state index in [1.165, 1.54) is 6.42 Å². The van der Waals surface area contributed by atoms with Crippen LogP contribution in [-0.4, -0.2) is 32.1 Å². The maximum atomic E-state index is 11.7. The van der Waals surface area contributed by atoms with Gasteiger partial charge < -0.3 is 15.4 Å². The highest BCUT2D eigenvalue weighted by Gasteiger charge is 2.14. The van der Waals surface area contributed by atoms with Crippen molar-refractivity contribution in [2.75, 3.05) is 26.2 Å². The summed E-state index contributed by atoms with van der Waals surface area (Å²) >= 11 is 9.33. The lowest BCUT2D eigenvalue weighted by atomic mass is 10.1. The van der Waals surface area contributed by atoms with Crippen LogP contribution in [0.25, 0.3) is 0 Å². The SMILES string of the molecule is Cl.O=C(COc1ccc(Br)cc1Cl)NCCC1CCNC1. The highest BCUT2D eigenvalue weighted by Crippen LogP contribution is 2.27. The topological polar surface area (TPSA) is 50.4 Å². The van der Waals surface area contributed by atoms with E-state index in [4.69, 9.17) is 16.3 Å². The second-order valence-corrected chi connectivity index (χ2v) is 6.18. The molecule has 1 aliphatic heterocycles. The van der Waals surface area contributed by atoms with E-state index >= 15 is 0 Å². The van der Waals surface area contributed by atoms with Crippen molar-refractivity contribution in [3.63, 3.8) is 0 Å². The zero-order valence-electron chi connectivity index (χ0n) is 11.5. The second kappa shape index (κ2) is 9.51. The van der Waals surface area contributed by atoms with E-state index in [1.807, 2.05) is 6.07 Å². The van der Waals surface area contributed by atoms with Gasteiger partial charge in [0.05, 0.1) is 5.02 Å². The summed E-state index contributed by atoms with van der Waals surface area (Å²) in [5.74, 6) is 1.08. The first-order valence-corrected chi connectivity index (χ1v) is 7.87. The fraction of sp³-hybridized carbons (Fsp3) is 0.500. The van der Waals surface area contributed by atoms with Gasteiger partial charge in [0.25, 0.3) is 5.91 Å². The van der Waals surface area contributed by atoms with Crippen LogP contribution in [0.4, 0.5) is 0 Å². The molecule has 0 radical (unpaired) electrons. The number of halogens is 3. The zero-order valence-corrected chi connectivity index (χ0v) is 14.7. The van der Waals surface area contributed by atoms with Crippen LogP contribution in [0.3, 0.4) is 0 Å². The maximum Gasteiger partial charge on any atom is 0.257 e. The molecule has 1 amide bonds. The van der Waals surface area contributed by atoms with Crippen LogP contribution in [0.15, 0.2) is 22.7 Å². The number of hydrogen-bond donors (Lipinski definition) is 2. The van der Waals surface area contributed by atoms with Crippen LogP contribution < -0.4 is 15.4 Å². The van der Waals surface area contributed by atoms with Gasteiger partial charge in [-0.05, 0) is 50.0 Å². The molecule has 1 atom stereocenters. The summed E-state index contributed by atoms with van der Waals surface area (Å²) in [4.78, 5) is 11.7. The van der Waals surface area contributed by atoms with E-state index in [1.54, 1.807) is 12.1 Å². The van der Waals surface area contributed by atoms with Gasteiger partial charge in [0.2, 0.25) is 0 Å². The predicted molar refractivity (Wildman–Crippen MR) is 90.5 cm³/mol. The largest absolute Gasteiger partial charge is 0.482 e. The van der Waals surface area contributed by atoms with Crippen molar-refractivity contribution in [3.05, 3.63) is 27.7 Å². The first-order chi connectivity index (χ1) is 9.65. The zero-order chi connectivity index (χ0) is 14.4. The summed E-state index contributed by atoms with van der Waals surface area (Å²) in [5, 5.41) is 6.67. The van der Waals surface area contributed by atoms with Gasteiger partial charge >= 0.3 is 0 Å². The third-order valence-electron chi connectivity index (χ3n) is 3.29. The number of ether oxygens (including phenoxy) is 1. The summed E-state index contributed by atoms with van der Waals surface area (Å²) in [6.45, 7) is 2.83. The first-order valence-electron chi connectivity index (χ1n) is 6.70. The number of benzene rings is 1. The molecular weight excluding hydrogens is 379 g/mol. The van der Waals surface area contributed by atoms with Crippen molar-refractivity contribution in [3.8, 4) is 5.75 Å². The Morgan fingerprint density at radius 3 is 3.00 bits per heavy atom. The standard InChI is InChI=1S/C14H18BrClN2O2.ClH/c15-11-1-2-13(12(16)7-11)20-9-14(19)18-6-4-10-3-5-17-8-10;/h1-2,7,10,17H,3-6,8-9H2,(H,18,19);1H. The summed E-state index contributed by atoms with van der Waals surface area (Å²) in [5.41, 5.74) is 0. The Kier molecular flexibility index (Phi) is 8.41. The molecule has 0 bridgehead atoms. The Morgan fingerprint density at radius 1 is 1.52 bits per heavy atom. The number of hydrogen-bond acceptors (Lipinski definition) is 3. The third-order valence-corrected chi connectivity index (χ3v) is 4.08. The van der Waals surface area contributed by atoms with Crippen LogP contribution in [0.5, 0.6) is 5.75 Å². The van der Waals surface area contributed by atoms with Crippen LogP contribution in [0, 0.1) is 5.92 Å². The number of carbonyl (C=O) groups is 1. The number of carbonyl (C=O) groups excluding carboxylic acids is 1. The Bertz CT molecular complexity index is 468. The van der Waals surface area contributed by atoms with Crippen molar-refractivity contribution in [1.29, 1.82) is 0 Å². The fourth-order valence-corrected chi connectivity index (χ4v) is 2.89. The smallest absolute Gasteiger partial charge is 0.257 e. The molecule has 1 aliphatic rings. The minimum absolute atomic E-state index is 0. The van der Waals surface area contributed by atoms with E-state index in [0.29, 0.717) is 23.2 Å². The quantitative estimate of drug-likeness (QED) is 0.775. The normalized spacial score (nSPS) is 17.1. The lowest BCUT2D eigenvalue weighted by Gasteiger charge is -2.11. The van der Waals surface area contributed by atoms with Crippen LogP contribution >= 0.6 is 39.9 Å². The molecule has 1 fully saturated rings. The fourth-order valence-electron chi connectivity index (χ4n) is 2.16. The average Bonchev–Trinajstić information content (AvgIpc) is 2.91. The molecular formula is C14H19BrCl2N2O2. The molecule has 0 aliphatic carbocycles. The van der Waals surface area contributed by atoms with Crippen molar-refractivity contribution in [1.82, 2.24) is 10.6 Å². The highest BCUT2D eigenvalue weighted by molar-refractivity contribution is 9.10. The van der Waals surface area contributed by atoms with Gasteiger partial charge in [-0.15, -0.1) is 12.4 Å². The van der Waals surface area contributed by atoms with Gasteiger partial charge in [0, 0.05) is 11.0 Å². The van der Waals surface area contributed by atoms with E-state index in [9.17, 15) is 4.79 Å². The predicted octanol–water partition coefficient (Wildman–Crippen LogP) is 3.02. The molecule has 118 valence electrons. The lowest BCUT2D eigenvalue weighted by Crippen LogP contribution is -2.30. The molecule has 1 unspecified atom stereocenters. The van der Waals surface area contributed by atoms with E-state index < -0.39 is 0 Å². The van der Waals surface area contributed by atoms with Crippen molar-refractivity contribution >= 4 is 45.8 Å². The molecule has 0 aromatic heterocycles. The molecule has 21 heavy (non-hydrogen) atoms. The van der Waals surface area contributed by atoms with Crippen LogP contribution in [0.2, 0.25) is 5.02 Å². The minimum atomic E-state index is -0.116. The monoisotopic (exact) mass is 396 g/mol. The van der Waals surface area contributed by atoms with E-state index in [0.717, 1.165) is 24.0 Å². The molecule has 1 heterocycles. The Hall–Kier alpha value is -0.490. The van der Waals surface area contributed by atoms with Crippen LogP contribution in [0.1, 0.15) is 12.8 Å². The Balaban J connectivity index is 0.00000220. The van der Waals surface area contributed by atoms with Gasteiger partial charge in [-0.1, -0.05) is 27.5 Å². The summed E-state index contributed by atoms with van der Waals surface area (Å²) < 4.78 is 6.28. The molecule has 4 nitrogen and oxygen atoms in total. The molecule has 0 saturated carbocycles. The van der Waals surface area contributed by atoms with Gasteiger partial charge in [0.1, 0.15) is 5.75 Å². The average molecular weight is 398 g/mol.